The number of hydrogen-bond donors (Lipinski definition) is 3. The highest BCUT2D eigenvalue weighted by Gasteiger charge is 2.51. The van der Waals surface area contributed by atoms with E-state index in [4.69, 9.17) is 0 Å². The number of urea groups is 1. The molecular weight excluding hydrogens is 391 g/mol. The Morgan fingerprint density at radius 1 is 1.07 bits per heavy atom. The van der Waals surface area contributed by atoms with Gasteiger partial charge in [-0.15, -0.1) is 0 Å². The summed E-state index contributed by atoms with van der Waals surface area (Å²) in [6, 6.07) is 10.8. The maximum Gasteiger partial charge on any atom is 0.325 e. The molecule has 5 amide bonds. The Morgan fingerprint density at radius 2 is 1.70 bits per heavy atom. The van der Waals surface area contributed by atoms with E-state index in [2.05, 4.69) is 16.0 Å². The second-order valence-corrected chi connectivity index (χ2v) is 6.79. The van der Waals surface area contributed by atoms with Crippen molar-refractivity contribution in [3.63, 3.8) is 0 Å². The third kappa shape index (κ3) is 3.86. The smallest absolute Gasteiger partial charge is 0.325 e. The molecule has 3 rings (SSSR count). The van der Waals surface area contributed by atoms with Crippen molar-refractivity contribution < 1.29 is 23.6 Å². The van der Waals surface area contributed by atoms with Crippen LogP contribution in [-0.2, 0) is 15.1 Å². The summed E-state index contributed by atoms with van der Waals surface area (Å²) in [5.41, 5.74) is -0.0608. The Bertz CT molecular complexity index is 991. The number of amides is 5. The normalized spacial score (nSPS) is 18.2. The highest BCUT2D eigenvalue weighted by Crippen LogP contribution is 2.32. The number of nitrogens with zero attached hydrogens (tertiary/aromatic N) is 1. The molecule has 1 saturated heterocycles. The van der Waals surface area contributed by atoms with Crippen molar-refractivity contribution in [2.75, 3.05) is 18.9 Å². The fourth-order valence-corrected chi connectivity index (χ4v) is 3.34. The van der Waals surface area contributed by atoms with Crippen LogP contribution in [0.4, 0.5) is 14.9 Å². The number of imide groups is 1. The van der Waals surface area contributed by atoms with Crippen molar-refractivity contribution in [1.29, 1.82) is 0 Å². The minimum atomic E-state index is -1.35. The number of benzene rings is 2. The molecule has 2 aromatic rings. The molecule has 0 aliphatic carbocycles. The highest BCUT2D eigenvalue weighted by molar-refractivity contribution is 6.10. The van der Waals surface area contributed by atoms with Crippen molar-refractivity contribution >= 4 is 29.4 Å². The van der Waals surface area contributed by atoms with E-state index in [0.29, 0.717) is 16.8 Å². The van der Waals surface area contributed by atoms with Gasteiger partial charge in [-0.05, 0) is 48.4 Å². The minimum absolute atomic E-state index is 0.238. The first-order valence-electron chi connectivity index (χ1n) is 9.33. The number of anilines is 1. The number of hydrogen-bond acceptors (Lipinski definition) is 4. The summed E-state index contributed by atoms with van der Waals surface area (Å²) in [5, 5.41) is 7.72. The zero-order valence-electron chi connectivity index (χ0n) is 16.5. The molecule has 8 nitrogen and oxygen atoms in total. The van der Waals surface area contributed by atoms with Crippen LogP contribution in [0.15, 0.2) is 48.5 Å². The van der Waals surface area contributed by atoms with Crippen LogP contribution in [0.25, 0.3) is 0 Å². The number of halogens is 1. The molecule has 1 aliphatic heterocycles. The van der Waals surface area contributed by atoms with E-state index in [0.717, 1.165) is 4.90 Å². The van der Waals surface area contributed by atoms with Gasteiger partial charge in [-0.25, -0.2) is 9.18 Å². The summed E-state index contributed by atoms with van der Waals surface area (Å²) >= 11 is 0. The molecule has 1 atom stereocenters. The van der Waals surface area contributed by atoms with Gasteiger partial charge >= 0.3 is 6.03 Å². The van der Waals surface area contributed by atoms with Gasteiger partial charge < -0.3 is 16.0 Å². The number of nitrogens with one attached hydrogen (secondary N) is 3. The van der Waals surface area contributed by atoms with Crippen LogP contribution in [0.3, 0.4) is 0 Å². The van der Waals surface area contributed by atoms with Crippen LogP contribution in [-0.4, -0.2) is 42.2 Å². The van der Waals surface area contributed by atoms with E-state index < -0.39 is 35.7 Å². The monoisotopic (exact) mass is 412 g/mol. The van der Waals surface area contributed by atoms with E-state index in [-0.39, 0.29) is 12.3 Å². The van der Waals surface area contributed by atoms with Crippen molar-refractivity contribution in [3.05, 3.63) is 65.5 Å². The Labute approximate surface area is 172 Å². The zero-order chi connectivity index (χ0) is 21.9. The largest absolute Gasteiger partial charge is 0.355 e. The lowest BCUT2D eigenvalue weighted by Gasteiger charge is -2.25. The van der Waals surface area contributed by atoms with Crippen LogP contribution < -0.4 is 16.0 Å². The lowest BCUT2D eigenvalue weighted by atomic mass is 9.87. The molecule has 0 aromatic heterocycles. The summed E-state index contributed by atoms with van der Waals surface area (Å²) in [5.74, 6) is -1.87. The van der Waals surface area contributed by atoms with E-state index in [1.165, 1.54) is 31.3 Å². The molecule has 0 radical (unpaired) electrons. The number of rotatable bonds is 6. The van der Waals surface area contributed by atoms with E-state index >= 15 is 0 Å². The molecule has 0 saturated carbocycles. The molecule has 1 aliphatic rings. The predicted octanol–water partition coefficient (Wildman–Crippen LogP) is 1.98. The molecule has 30 heavy (non-hydrogen) atoms. The van der Waals surface area contributed by atoms with E-state index in [9.17, 15) is 23.6 Å². The molecule has 1 heterocycles. The van der Waals surface area contributed by atoms with Gasteiger partial charge in [0.15, 0.2) is 0 Å². The molecule has 156 valence electrons. The molecule has 2 aromatic carbocycles. The number of carbonyl (C=O) groups excluding carboxylic acids is 4. The van der Waals surface area contributed by atoms with Gasteiger partial charge in [0.2, 0.25) is 5.91 Å². The predicted molar refractivity (Wildman–Crippen MR) is 107 cm³/mol. The Balaban J connectivity index is 1.72. The lowest BCUT2D eigenvalue weighted by Crippen LogP contribution is -2.44. The molecule has 1 fully saturated rings. The quantitative estimate of drug-likeness (QED) is 0.631. The molecule has 3 N–H and O–H groups in total. The maximum absolute atomic E-state index is 13.3. The van der Waals surface area contributed by atoms with E-state index in [1.807, 2.05) is 0 Å². The molecule has 0 spiro atoms. The standard InChI is InChI=1S/C21H21FN4O4/c1-3-21(14-6-8-15(22)9-7-14)19(29)26(20(30)25-21)12-17(27)24-16-10-4-13(5-11-16)18(28)23-2/h4-11H,3,12H2,1-2H3,(H,23,28)(H,24,27)(H,25,30). The van der Waals surface area contributed by atoms with Gasteiger partial charge in [0.25, 0.3) is 11.8 Å². The second-order valence-electron chi connectivity index (χ2n) is 6.79. The fraction of sp³-hybridized carbons (Fsp3) is 0.238. The SMILES string of the molecule is CCC1(c2ccc(F)cc2)NC(=O)N(CC(=O)Nc2ccc(C(=O)NC)cc2)C1=O. The lowest BCUT2D eigenvalue weighted by molar-refractivity contribution is -0.134. The Kier molecular flexibility index (Phi) is 5.81. The first-order valence-corrected chi connectivity index (χ1v) is 9.33. The van der Waals surface area contributed by atoms with Crippen LogP contribution >= 0.6 is 0 Å². The Hall–Kier alpha value is -3.75. The van der Waals surface area contributed by atoms with Crippen molar-refractivity contribution in [2.45, 2.75) is 18.9 Å². The van der Waals surface area contributed by atoms with Gasteiger partial charge in [0.05, 0.1) is 0 Å². The average molecular weight is 412 g/mol. The van der Waals surface area contributed by atoms with Crippen molar-refractivity contribution in [2.24, 2.45) is 0 Å². The van der Waals surface area contributed by atoms with Crippen molar-refractivity contribution in [3.8, 4) is 0 Å². The minimum Gasteiger partial charge on any atom is -0.355 e. The summed E-state index contributed by atoms with van der Waals surface area (Å²) < 4.78 is 13.3. The fourth-order valence-electron chi connectivity index (χ4n) is 3.34. The first kappa shape index (κ1) is 21.0. The summed E-state index contributed by atoms with van der Waals surface area (Å²) in [7, 11) is 1.51. The summed E-state index contributed by atoms with van der Waals surface area (Å²) in [6.07, 6.45) is 0.238. The topological polar surface area (TPSA) is 108 Å². The summed E-state index contributed by atoms with van der Waals surface area (Å²) in [6.45, 7) is 1.24. The molecule has 1 unspecified atom stereocenters. The second kappa shape index (κ2) is 8.32. The van der Waals surface area contributed by atoms with Crippen LogP contribution in [0.2, 0.25) is 0 Å². The van der Waals surface area contributed by atoms with Gasteiger partial charge in [0, 0.05) is 18.3 Å². The van der Waals surface area contributed by atoms with Crippen LogP contribution in [0.5, 0.6) is 0 Å². The molecule has 0 bridgehead atoms. The first-order chi connectivity index (χ1) is 14.3. The van der Waals surface area contributed by atoms with Crippen LogP contribution in [0, 0.1) is 5.82 Å². The zero-order valence-corrected chi connectivity index (χ0v) is 16.5. The third-order valence-electron chi connectivity index (χ3n) is 5.00. The van der Waals surface area contributed by atoms with E-state index in [1.54, 1.807) is 31.2 Å². The molecule has 9 heteroatoms. The maximum atomic E-state index is 13.3. The van der Waals surface area contributed by atoms with Gasteiger partial charge in [0.1, 0.15) is 17.9 Å². The Morgan fingerprint density at radius 3 is 2.27 bits per heavy atom. The third-order valence-corrected chi connectivity index (χ3v) is 5.00. The van der Waals surface area contributed by atoms with Gasteiger partial charge in [-0.2, -0.15) is 0 Å². The highest BCUT2D eigenvalue weighted by atomic mass is 19.1. The average Bonchev–Trinajstić information content (AvgIpc) is 2.99. The van der Waals surface area contributed by atoms with Crippen molar-refractivity contribution in [1.82, 2.24) is 15.5 Å². The summed E-state index contributed by atoms with van der Waals surface area (Å²) in [4.78, 5) is 50.3. The van der Waals surface area contributed by atoms with Crippen LogP contribution in [0.1, 0.15) is 29.3 Å². The van der Waals surface area contributed by atoms with Gasteiger partial charge in [-0.1, -0.05) is 19.1 Å². The molecular formula is C21H21FN4O4. The van der Waals surface area contributed by atoms with Gasteiger partial charge in [-0.3, -0.25) is 19.3 Å². The number of carbonyl (C=O) groups is 4.